The van der Waals surface area contributed by atoms with E-state index in [1.807, 2.05) is 48.5 Å². The summed E-state index contributed by atoms with van der Waals surface area (Å²) in [6, 6.07) is 25.5. The number of carbonyl (C=O) groups is 7. The van der Waals surface area contributed by atoms with Crippen LogP contribution >= 0.6 is 0 Å². The van der Waals surface area contributed by atoms with Crippen LogP contribution in [0, 0.1) is 4.91 Å². The molecule has 1 heterocycles. The van der Waals surface area contributed by atoms with Crippen LogP contribution in [0.25, 0.3) is 11.1 Å². The maximum absolute atomic E-state index is 13.5. The lowest BCUT2D eigenvalue weighted by atomic mass is 9.98. The molecule has 6 rings (SSSR count). The van der Waals surface area contributed by atoms with E-state index >= 15 is 0 Å². The Morgan fingerprint density at radius 2 is 1.29 bits per heavy atom. The summed E-state index contributed by atoms with van der Waals surface area (Å²) in [5.41, 5.74) is 4.69. The molecule has 2 amide bonds. The van der Waals surface area contributed by atoms with E-state index < -0.39 is 79.3 Å². The van der Waals surface area contributed by atoms with Gasteiger partial charge in [0.2, 0.25) is 18.3 Å². The van der Waals surface area contributed by atoms with Crippen LogP contribution in [0.5, 0.6) is 11.5 Å². The van der Waals surface area contributed by atoms with Crippen molar-refractivity contribution in [3.8, 4) is 22.6 Å². The van der Waals surface area contributed by atoms with Crippen LogP contribution in [0.4, 0.5) is 21.0 Å². The van der Waals surface area contributed by atoms with E-state index in [-0.39, 0.29) is 55.0 Å². The van der Waals surface area contributed by atoms with Gasteiger partial charge in [0.1, 0.15) is 37.4 Å². The first-order chi connectivity index (χ1) is 31.7. The average Bonchev–Trinajstić information content (AvgIpc) is 3.60. The minimum atomic E-state index is -1.67. The van der Waals surface area contributed by atoms with Gasteiger partial charge in [-0.1, -0.05) is 54.6 Å². The Balaban J connectivity index is 1.18. The zero-order chi connectivity index (χ0) is 47.3. The van der Waals surface area contributed by atoms with Gasteiger partial charge in [0.25, 0.3) is 5.69 Å². The normalized spacial score (nSPS) is 18.2. The molecule has 5 atom stereocenters. The van der Waals surface area contributed by atoms with Crippen LogP contribution < -0.4 is 25.3 Å². The molecular formula is C46H46N3O17+. The topological polar surface area (TPSA) is 258 Å². The average molecular weight is 913 g/mol. The third-order valence-electron chi connectivity index (χ3n) is 10.0. The molecule has 4 aromatic rings. The van der Waals surface area contributed by atoms with Crippen molar-refractivity contribution in [1.82, 2.24) is 5.32 Å². The summed E-state index contributed by atoms with van der Waals surface area (Å²) in [7, 11) is 0. The number of hydrogen-bond donors (Lipinski definition) is 3. The Hall–Kier alpha value is -7.87. The van der Waals surface area contributed by atoms with Crippen LogP contribution in [0.15, 0.2) is 91.0 Å². The molecule has 1 saturated heterocycles. The molecule has 4 aromatic carbocycles. The number of benzene rings is 4. The first kappa shape index (κ1) is 47.6. The second kappa shape index (κ2) is 22.2. The van der Waals surface area contributed by atoms with Crippen LogP contribution in [0.2, 0.25) is 0 Å². The highest BCUT2D eigenvalue weighted by molar-refractivity contribution is 5.92. The molecule has 20 heteroatoms. The van der Waals surface area contributed by atoms with Crippen molar-refractivity contribution in [2.45, 2.75) is 77.3 Å². The molecule has 346 valence electrons. The highest BCUT2D eigenvalue weighted by Gasteiger charge is 2.53. The van der Waals surface area contributed by atoms with Crippen LogP contribution in [0.3, 0.4) is 0 Å². The summed E-state index contributed by atoms with van der Waals surface area (Å²) >= 11 is 0. The third kappa shape index (κ3) is 12.6. The predicted molar refractivity (Wildman–Crippen MR) is 227 cm³/mol. The second-order valence-electron chi connectivity index (χ2n) is 14.8. The summed E-state index contributed by atoms with van der Waals surface area (Å²) in [4.78, 5) is 98.6. The molecule has 20 nitrogen and oxygen atoms in total. The first-order valence-electron chi connectivity index (χ1n) is 20.5. The molecule has 0 radical (unpaired) electrons. The lowest BCUT2D eigenvalue weighted by Crippen LogP contribution is -2.63. The van der Waals surface area contributed by atoms with Crippen molar-refractivity contribution in [2.24, 2.45) is 0 Å². The van der Waals surface area contributed by atoms with Gasteiger partial charge >= 0.3 is 36.1 Å². The van der Waals surface area contributed by atoms with E-state index in [4.69, 9.17) is 42.6 Å². The molecule has 0 aromatic heterocycles. The van der Waals surface area contributed by atoms with Gasteiger partial charge in [0, 0.05) is 68.8 Å². The SMILES string of the molecule is CC(=O)OC[C@H]1O[C@@H](Oc2ccc(COC(=O)Oc3ccc([NH+]=O)cc3)cc2NC(=O)CCNC(=O)OCC2c3ccccc3-c3ccccc32)[C@H](OC(C)=O)[C@@H](OC(C)=O)[C@H]1OC(C)=O. The molecule has 2 aliphatic rings. The number of nitroso groups, excluding NO2 is 1. The van der Waals surface area contributed by atoms with E-state index in [0.29, 0.717) is 5.56 Å². The van der Waals surface area contributed by atoms with E-state index in [1.54, 1.807) is 5.18 Å². The number of fused-ring (bicyclic) bond motifs is 3. The molecule has 0 bridgehead atoms. The number of alkyl carbamates (subject to hydrolysis) is 1. The lowest BCUT2D eigenvalue weighted by molar-refractivity contribution is -0.379. The zero-order valence-electron chi connectivity index (χ0n) is 36.1. The largest absolute Gasteiger partial charge is 0.514 e. The molecule has 1 fully saturated rings. The number of carbonyl (C=O) groups excluding carboxylic acids is 7. The van der Waals surface area contributed by atoms with E-state index in [2.05, 4.69) is 10.6 Å². The van der Waals surface area contributed by atoms with Crippen molar-refractivity contribution in [3.05, 3.63) is 113 Å². The smallest absolute Gasteiger partial charge is 0.463 e. The fraction of sp³-hybridized carbons (Fsp3) is 0.326. The van der Waals surface area contributed by atoms with Crippen molar-refractivity contribution in [1.29, 1.82) is 0 Å². The van der Waals surface area contributed by atoms with Gasteiger partial charge < -0.3 is 53.3 Å². The molecule has 66 heavy (non-hydrogen) atoms. The first-order valence-corrected chi connectivity index (χ1v) is 20.5. The number of rotatable bonds is 17. The molecule has 0 unspecified atom stereocenters. The van der Waals surface area contributed by atoms with Gasteiger partial charge in [0.15, 0.2) is 12.2 Å². The van der Waals surface area contributed by atoms with E-state index in [1.165, 1.54) is 42.5 Å². The van der Waals surface area contributed by atoms with Gasteiger partial charge in [-0.05, 0) is 52.1 Å². The van der Waals surface area contributed by atoms with Gasteiger partial charge in [-0.15, -0.1) is 0 Å². The maximum atomic E-state index is 13.5. The Labute approximate surface area is 377 Å². The van der Waals surface area contributed by atoms with Crippen LogP contribution in [-0.4, -0.2) is 92.5 Å². The molecule has 3 N–H and O–H groups in total. The molecular weight excluding hydrogens is 867 g/mol. The third-order valence-corrected chi connectivity index (χ3v) is 10.0. The Morgan fingerprint density at radius 3 is 1.91 bits per heavy atom. The number of ether oxygens (including phenoxy) is 9. The molecule has 1 aliphatic heterocycles. The molecule has 0 spiro atoms. The summed E-state index contributed by atoms with van der Waals surface area (Å²) < 4.78 is 49.9. The number of anilines is 1. The molecule has 1 aliphatic carbocycles. The van der Waals surface area contributed by atoms with Gasteiger partial charge in [-0.25, -0.2) is 9.59 Å². The van der Waals surface area contributed by atoms with Gasteiger partial charge in [-0.3, -0.25) is 24.0 Å². The van der Waals surface area contributed by atoms with Crippen molar-refractivity contribution in [2.75, 3.05) is 25.1 Å². The van der Waals surface area contributed by atoms with E-state index in [9.17, 15) is 38.5 Å². The Kier molecular flexibility index (Phi) is 16.0. The highest BCUT2D eigenvalue weighted by atomic mass is 16.7. The maximum Gasteiger partial charge on any atom is 0.514 e. The van der Waals surface area contributed by atoms with Crippen LogP contribution in [-0.2, 0) is 63.7 Å². The van der Waals surface area contributed by atoms with Crippen LogP contribution in [0.1, 0.15) is 56.7 Å². The number of esters is 4. The molecule has 0 saturated carbocycles. The Morgan fingerprint density at radius 1 is 0.667 bits per heavy atom. The summed E-state index contributed by atoms with van der Waals surface area (Å²) in [6.07, 6.45) is -9.74. The summed E-state index contributed by atoms with van der Waals surface area (Å²) in [6.45, 7) is 3.33. The predicted octanol–water partition coefficient (Wildman–Crippen LogP) is 4.21. The minimum absolute atomic E-state index is 0.0378. The second-order valence-corrected chi connectivity index (χ2v) is 14.8. The highest BCUT2D eigenvalue weighted by Crippen LogP contribution is 2.44. The minimum Gasteiger partial charge on any atom is -0.463 e. The zero-order valence-corrected chi connectivity index (χ0v) is 36.1. The quantitative estimate of drug-likeness (QED) is 0.0761. The summed E-state index contributed by atoms with van der Waals surface area (Å²) in [5.74, 6) is -4.13. The number of nitrogens with one attached hydrogen (secondary N) is 3. The Bertz CT molecular complexity index is 2410. The number of amides is 2. The lowest BCUT2D eigenvalue weighted by Gasteiger charge is -2.44. The standard InChI is InChI=1S/C46H45N3O17/c1-25(50)58-24-39-41(61-26(2)51)42(62-27(3)52)43(63-28(4)53)44(66-39)65-38-18-13-29(22-60-46(56)64-31-16-14-30(49-57)15-17-31)21-37(38)48-40(54)19-20-47-45(55)59-23-36-34-11-7-5-9-32(34)33-10-6-8-12-35(33)36/h5-18,21,36,39,41-44H,19-20,22-24H2,1-4H3,(H,47,55)(H,48,54)/p+1/t39-,41+,42+,43-,44-/m1/s1. The van der Waals surface area contributed by atoms with Gasteiger partial charge in [-0.2, -0.15) is 0 Å². The monoisotopic (exact) mass is 912 g/mol. The summed E-state index contributed by atoms with van der Waals surface area (Å²) in [5, 5.41) is 6.98. The van der Waals surface area contributed by atoms with Crippen molar-refractivity contribution in [3.63, 3.8) is 0 Å². The number of hydrogen-bond acceptors (Lipinski definition) is 17. The van der Waals surface area contributed by atoms with E-state index in [0.717, 1.165) is 49.9 Å². The fourth-order valence-electron chi connectivity index (χ4n) is 7.28. The van der Waals surface area contributed by atoms with Crippen molar-refractivity contribution >= 4 is 53.4 Å². The fourth-order valence-corrected chi connectivity index (χ4v) is 7.28. The van der Waals surface area contributed by atoms with Crippen molar-refractivity contribution < 1.29 is 81.4 Å². The van der Waals surface area contributed by atoms with Gasteiger partial charge in [0.05, 0.1) is 5.69 Å².